The van der Waals surface area contributed by atoms with E-state index in [2.05, 4.69) is 21.2 Å². The van der Waals surface area contributed by atoms with Crippen LogP contribution < -0.4 is 11.1 Å². The van der Waals surface area contributed by atoms with E-state index in [-0.39, 0.29) is 50.2 Å². The van der Waals surface area contributed by atoms with Gasteiger partial charge < -0.3 is 26.0 Å². The number of nitrogens with zero attached hydrogens (tertiary/aromatic N) is 6. The van der Waals surface area contributed by atoms with E-state index < -0.39 is 18.2 Å². The topological polar surface area (TPSA) is 148 Å². The van der Waals surface area contributed by atoms with Crippen LogP contribution >= 0.6 is 11.3 Å². The van der Waals surface area contributed by atoms with Crippen molar-refractivity contribution in [3.8, 4) is 18.1 Å². The highest BCUT2D eigenvalue weighted by Crippen LogP contribution is 2.32. The number of nitrogens with two attached hydrogens (primary N) is 1. The Labute approximate surface area is 222 Å². The molecule has 2 fully saturated rings. The van der Waals surface area contributed by atoms with Gasteiger partial charge in [-0.1, -0.05) is 29.4 Å². The Hall–Kier alpha value is -4.41. The first-order chi connectivity index (χ1) is 18.3. The van der Waals surface area contributed by atoms with Crippen LogP contribution in [0.3, 0.4) is 0 Å². The first-order valence-electron chi connectivity index (χ1n) is 11.9. The van der Waals surface area contributed by atoms with Crippen LogP contribution in [0, 0.1) is 12.3 Å². The van der Waals surface area contributed by atoms with Crippen LogP contribution in [0.25, 0.3) is 10.2 Å². The molecule has 2 saturated heterocycles. The van der Waals surface area contributed by atoms with E-state index in [9.17, 15) is 19.5 Å². The molecule has 4 N–H and O–H groups in total. The molecular formula is C25H26N8O4S. The van der Waals surface area contributed by atoms with Gasteiger partial charge in [-0.15, -0.1) is 6.42 Å². The highest BCUT2D eigenvalue weighted by Gasteiger charge is 2.52. The minimum absolute atomic E-state index is 0.00205. The Morgan fingerprint density at radius 2 is 2.16 bits per heavy atom. The lowest BCUT2D eigenvalue weighted by Crippen LogP contribution is -2.66. The molecule has 2 aromatic heterocycles. The van der Waals surface area contributed by atoms with E-state index in [1.54, 1.807) is 16.0 Å². The SMILES string of the molecule is C#CCN(C(=O)NC)N1CC(=O)N2[C@@H](Cc3ccc(O)cn3)C(=O)N(Cc3cccc4sc(N)nc34)C[C@@H]21. The molecule has 2 atom stereocenters. The number of terminal acetylenes is 1. The van der Waals surface area contributed by atoms with Gasteiger partial charge in [0.1, 0.15) is 18.0 Å². The summed E-state index contributed by atoms with van der Waals surface area (Å²) in [6, 6.07) is 7.47. The highest BCUT2D eigenvalue weighted by molar-refractivity contribution is 7.22. The number of nitrogens with one attached hydrogen (secondary N) is 1. The molecule has 0 aliphatic carbocycles. The Kier molecular flexibility index (Phi) is 6.75. The predicted molar refractivity (Wildman–Crippen MR) is 140 cm³/mol. The molecule has 4 heterocycles. The normalized spacial score (nSPS) is 19.5. The van der Waals surface area contributed by atoms with Crippen molar-refractivity contribution in [1.29, 1.82) is 0 Å². The van der Waals surface area contributed by atoms with Gasteiger partial charge in [0.25, 0.3) is 0 Å². The number of amides is 4. The third kappa shape index (κ3) is 4.55. The first kappa shape index (κ1) is 25.2. The summed E-state index contributed by atoms with van der Waals surface area (Å²) in [6.07, 6.45) is 6.33. The van der Waals surface area contributed by atoms with Crippen LogP contribution in [-0.4, -0.2) is 91.6 Å². The minimum atomic E-state index is -0.875. The van der Waals surface area contributed by atoms with Crippen molar-refractivity contribution in [3.05, 3.63) is 47.8 Å². The van der Waals surface area contributed by atoms with Crippen LogP contribution in [0.15, 0.2) is 36.5 Å². The van der Waals surface area contributed by atoms with Gasteiger partial charge in [-0.3, -0.25) is 14.6 Å². The number of pyridine rings is 1. The molecule has 0 spiro atoms. The number of urea groups is 1. The number of hydrazine groups is 1. The van der Waals surface area contributed by atoms with Gasteiger partial charge in [0.15, 0.2) is 5.13 Å². The number of thiazole rings is 1. The number of nitrogen functional groups attached to an aromatic ring is 1. The summed E-state index contributed by atoms with van der Waals surface area (Å²) in [6.45, 7) is 0.226. The number of hydrogen-bond donors (Lipinski definition) is 3. The van der Waals surface area contributed by atoms with E-state index in [1.807, 2.05) is 18.2 Å². The molecule has 1 aromatic carbocycles. The highest BCUT2D eigenvalue weighted by atomic mass is 32.1. The number of aromatic hydroxyl groups is 1. The predicted octanol–water partition coefficient (Wildman–Crippen LogP) is 0.593. The van der Waals surface area contributed by atoms with Crippen molar-refractivity contribution in [2.45, 2.75) is 25.2 Å². The molecule has 0 radical (unpaired) electrons. The maximum Gasteiger partial charge on any atom is 0.332 e. The van der Waals surface area contributed by atoms with Gasteiger partial charge in [-0.05, 0) is 23.8 Å². The van der Waals surface area contributed by atoms with Gasteiger partial charge >= 0.3 is 6.03 Å². The van der Waals surface area contributed by atoms with Crippen LogP contribution in [-0.2, 0) is 22.6 Å². The Bertz CT molecular complexity index is 1440. The lowest BCUT2D eigenvalue weighted by Gasteiger charge is -2.46. The molecule has 0 unspecified atom stereocenters. The Morgan fingerprint density at radius 1 is 1.34 bits per heavy atom. The van der Waals surface area contributed by atoms with Gasteiger partial charge in [0, 0.05) is 25.7 Å². The second kappa shape index (κ2) is 10.2. The van der Waals surface area contributed by atoms with Gasteiger partial charge in [0.2, 0.25) is 11.8 Å². The molecule has 2 aliphatic heterocycles. The number of carbonyl (C=O) groups is 3. The van der Waals surface area contributed by atoms with Gasteiger partial charge in [-0.2, -0.15) is 5.01 Å². The average Bonchev–Trinajstić information content (AvgIpc) is 3.45. The second-order valence-corrected chi connectivity index (χ2v) is 10.0. The van der Waals surface area contributed by atoms with Crippen LogP contribution in [0.1, 0.15) is 11.3 Å². The fraction of sp³-hybridized carbons (Fsp3) is 0.320. The van der Waals surface area contributed by atoms with E-state index in [0.717, 1.165) is 15.8 Å². The molecule has 13 heteroatoms. The summed E-state index contributed by atoms with van der Waals surface area (Å²) in [7, 11) is 1.48. The summed E-state index contributed by atoms with van der Waals surface area (Å²) in [4.78, 5) is 51.7. The molecule has 196 valence electrons. The molecule has 2 aliphatic rings. The number of anilines is 1. The molecule has 0 bridgehead atoms. The van der Waals surface area contributed by atoms with Gasteiger partial charge in [0.05, 0.1) is 36.0 Å². The number of para-hydroxylation sites is 1. The third-order valence-electron chi connectivity index (χ3n) is 6.66. The fourth-order valence-electron chi connectivity index (χ4n) is 4.98. The molecule has 0 saturated carbocycles. The second-order valence-electron chi connectivity index (χ2n) is 8.96. The average molecular weight is 535 g/mol. The maximum atomic E-state index is 13.9. The molecule has 4 amide bonds. The smallest absolute Gasteiger partial charge is 0.332 e. The summed E-state index contributed by atoms with van der Waals surface area (Å²) in [5, 5.41) is 15.6. The number of carbonyl (C=O) groups excluding carboxylic acids is 3. The van der Waals surface area contributed by atoms with Crippen molar-refractivity contribution in [3.63, 3.8) is 0 Å². The molecule has 12 nitrogen and oxygen atoms in total. The van der Waals surface area contributed by atoms with E-state index in [0.29, 0.717) is 10.8 Å². The van der Waals surface area contributed by atoms with Crippen LogP contribution in [0.4, 0.5) is 9.93 Å². The van der Waals surface area contributed by atoms with Gasteiger partial charge in [-0.25, -0.2) is 14.8 Å². The van der Waals surface area contributed by atoms with Crippen molar-refractivity contribution in [2.75, 3.05) is 32.4 Å². The number of rotatable bonds is 6. The number of benzene rings is 1. The van der Waals surface area contributed by atoms with Crippen molar-refractivity contribution < 1.29 is 19.5 Å². The summed E-state index contributed by atoms with van der Waals surface area (Å²) in [5.41, 5.74) is 8.02. The number of piperazine rings is 1. The lowest BCUT2D eigenvalue weighted by atomic mass is 10.0. The van der Waals surface area contributed by atoms with Crippen LogP contribution in [0.5, 0.6) is 5.75 Å². The van der Waals surface area contributed by atoms with E-state index in [4.69, 9.17) is 12.2 Å². The number of fused-ring (bicyclic) bond motifs is 2. The molecule has 38 heavy (non-hydrogen) atoms. The maximum absolute atomic E-state index is 13.9. The van der Waals surface area contributed by atoms with Crippen LogP contribution in [0.2, 0.25) is 0 Å². The molecule has 5 rings (SSSR count). The fourth-order valence-corrected chi connectivity index (χ4v) is 5.76. The quantitative estimate of drug-likeness (QED) is 0.389. The first-order valence-corrected chi connectivity index (χ1v) is 12.7. The summed E-state index contributed by atoms with van der Waals surface area (Å²) >= 11 is 1.37. The largest absolute Gasteiger partial charge is 0.506 e. The minimum Gasteiger partial charge on any atom is -0.506 e. The van der Waals surface area contributed by atoms with Crippen molar-refractivity contribution in [2.24, 2.45) is 0 Å². The standard InChI is InChI=1S/C25H26N8O4S/c1-3-9-31(25(37)27-2)32-14-21(35)33-18(10-16-7-8-17(34)11-28-16)23(36)30(13-20(32)33)12-15-5-4-6-19-22(15)29-24(26)38-19/h1,4-8,11,18,20,34H,9-10,12-14H2,2H3,(H2,26,29)(H,27,37)/t18-,20+/m0/s1. The van der Waals surface area contributed by atoms with Crippen molar-refractivity contribution in [1.82, 2.24) is 35.1 Å². The number of aromatic nitrogens is 2. The molecular weight excluding hydrogens is 508 g/mol. The van der Waals surface area contributed by atoms with E-state index >= 15 is 0 Å². The zero-order valence-electron chi connectivity index (χ0n) is 20.6. The summed E-state index contributed by atoms with van der Waals surface area (Å²) < 4.78 is 0.911. The van der Waals surface area contributed by atoms with Crippen molar-refractivity contribution >= 4 is 44.5 Å². The van der Waals surface area contributed by atoms with E-state index in [1.165, 1.54) is 40.6 Å². The Morgan fingerprint density at radius 3 is 2.87 bits per heavy atom. The number of hydrogen-bond acceptors (Lipinski definition) is 9. The third-order valence-corrected chi connectivity index (χ3v) is 7.51. The summed E-state index contributed by atoms with van der Waals surface area (Å²) in [5.74, 6) is 1.91. The zero-order valence-corrected chi connectivity index (χ0v) is 21.4. The molecule has 3 aromatic rings. The zero-order chi connectivity index (χ0) is 27.0. The monoisotopic (exact) mass is 534 g/mol. The lowest BCUT2D eigenvalue weighted by molar-refractivity contribution is -0.157. The Balaban J connectivity index is 1.52.